The van der Waals surface area contributed by atoms with Gasteiger partial charge in [-0.2, -0.15) is 0 Å². The van der Waals surface area contributed by atoms with E-state index in [1.807, 2.05) is 36.1 Å². The van der Waals surface area contributed by atoms with Crippen LogP contribution >= 0.6 is 0 Å². The molecule has 1 aliphatic rings. The Morgan fingerprint density at radius 1 is 1.27 bits per heavy atom. The van der Waals surface area contributed by atoms with Gasteiger partial charge in [-0.05, 0) is 38.8 Å². The van der Waals surface area contributed by atoms with E-state index in [1.165, 1.54) is 5.56 Å². The topological polar surface area (TPSA) is 77.7 Å². The monoisotopic (exact) mass is 359 g/mol. The standard InChI is InChI=1S/C19H25N3O4/c1-14-5-7-16(8-6-14)25-13-19(24-3)9-4-10-22(12-19)18(23)11-17-15(2)20-26-21-17/h5-8H,4,9-13H2,1-3H3/t19-/m1/s1. The van der Waals surface area contributed by atoms with Crippen molar-refractivity contribution >= 4 is 5.91 Å². The minimum absolute atomic E-state index is 0.000242. The van der Waals surface area contributed by atoms with Crippen LogP contribution in [0.1, 0.15) is 29.8 Å². The summed E-state index contributed by atoms with van der Waals surface area (Å²) in [6.07, 6.45) is 1.91. The summed E-state index contributed by atoms with van der Waals surface area (Å²) >= 11 is 0. The highest BCUT2D eigenvalue weighted by atomic mass is 16.6. The number of methoxy groups -OCH3 is 1. The highest BCUT2D eigenvalue weighted by molar-refractivity contribution is 5.78. The molecule has 1 amide bonds. The van der Waals surface area contributed by atoms with Crippen LogP contribution in [-0.2, 0) is 16.0 Å². The average Bonchev–Trinajstić information content (AvgIpc) is 3.06. The summed E-state index contributed by atoms with van der Waals surface area (Å²) in [5.41, 5.74) is 1.91. The summed E-state index contributed by atoms with van der Waals surface area (Å²) in [6, 6.07) is 7.93. The number of hydrogen-bond acceptors (Lipinski definition) is 6. The average molecular weight is 359 g/mol. The molecule has 7 nitrogen and oxygen atoms in total. The Morgan fingerprint density at radius 2 is 2.04 bits per heavy atom. The van der Waals surface area contributed by atoms with Crippen LogP contribution in [0.2, 0.25) is 0 Å². The molecular weight excluding hydrogens is 334 g/mol. The van der Waals surface area contributed by atoms with Gasteiger partial charge < -0.3 is 14.4 Å². The van der Waals surface area contributed by atoms with E-state index in [9.17, 15) is 4.79 Å². The number of aryl methyl sites for hydroxylation is 2. The van der Waals surface area contributed by atoms with Crippen LogP contribution < -0.4 is 4.74 Å². The van der Waals surface area contributed by atoms with Gasteiger partial charge in [-0.3, -0.25) is 4.79 Å². The zero-order chi connectivity index (χ0) is 18.6. The first kappa shape index (κ1) is 18.4. The number of carbonyl (C=O) groups excluding carboxylic acids is 1. The molecule has 1 atom stereocenters. The second kappa shape index (κ2) is 7.86. The normalized spacial score (nSPS) is 20.2. The third-order valence-electron chi connectivity index (χ3n) is 4.91. The number of hydrogen-bond donors (Lipinski definition) is 0. The number of rotatable bonds is 6. The van der Waals surface area contributed by atoms with Crippen LogP contribution in [0.4, 0.5) is 0 Å². The summed E-state index contributed by atoms with van der Waals surface area (Å²) in [5.74, 6) is 0.806. The Bertz CT molecular complexity index is 743. The van der Waals surface area contributed by atoms with Crippen LogP contribution in [0.5, 0.6) is 5.75 Å². The summed E-state index contributed by atoms with van der Waals surface area (Å²) in [4.78, 5) is 14.5. The van der Waals surface area contributed by atoms with Gasteiger partial charge in [-0.15, -0.1) is 0 Å². The van der Waals surface area contributed by atoms with Crippen LogP contribution in [0.3, 0.4) is 0 Å². The molecule has 7 heteroatoms. The lowest BCUT2D eigenvalue weighted by atomic mass is 9.93. The number of piperidine rings is 1. The van der Waals surface area contributed by atoms with Crippen molar-refractivity contribution in [1.82, 2.24) is 15.2 Å². The van der Waals surface area contributed by atoms with Gasteiger partial charge in [-0.25, -0.2) is 4.63 Å². The van der Waals surface area contributed by atoms with E-state index in [1.54, 1.807) is 14.0 Å². The minimum atomic E-state index is -0.504. The van der Waals surface area contributed by atoms with Gasteiger partial charge >= 0.3 is 0 Å². The molecule has 2 heterocycles. The maximum atomic E-state index is 12.7. The molecule has 1 aromatic carbocycles. The van der Waals surface area contributed by atoms with Crippen molar-refractivity contribution in [3.8, 4) is 5.75 Å². The fraction of sp³-hybridized carbons (Fsp3) is 0.526. The third kappa shape index (κ3) is 4.22. The third-order valence-corrected chi connectivity index (χ3v) is 4.91. The lowest BCUT2D eigenvalue weighted by Gasteiger charge is -2.41. The van der Waals surface area contributed by atoms with E-state index < -0.39 is 5.60 Å². The van der Waals surface area contributed by atoms with Crippen molar-refractivity contribution in [3.05, 3.63) is 41.2 Å². The number of amides is 1. The molecule has 1 fully saturated rings. The predicted molar refractivity (Wildman–Crippen MR) is 95.0 cm³/mol. The maximum Gasteiger partial charge on any atom is 0.228 e. The second-order valence-electron chi connectivity index (χ2n) is 6.88. The number of nitrogens with zero attached hydrogens (tertiary/aromatic N) is 3. The van der Waals surface area contributed by atoms with Crippen LogP contribution in [0.15, 0.2) is 28.9 Å². The smallest absolute Gasteiger partial charge is 0.228 e. The number of carbonyl (C=O) groups is 1. The lowest BCUT2D eigenvalue weighted by Crippen LogP contribution is -2.54. The van der Waals surface area contributed by atoms with Gasteiger partial charge in [0.1, 0.15) is 29.3 Å². The van der Waals surface area contributed by atoms with Crippen LogP contribution in [-0.4, -0.2) is 53.5 Å². The molecule has 0 aliphatic carbocycles. The van der Waals surface area contributed by atoms with Gasteiger partial charge in [0, 0.05) is 13.7 Å². The molecule has 2 aromatic rings. The van der Waals surface area contributed by atoms with E-state index in [0.717, 1.165) is 18.6 Å². The molecule has 3 rings (SSSR count). The van der Waals surface area contributed by atoms with Crippen LogP contribution in [0, 0.1) is 13.8 Å². The van der Waals surface area contributed by atoms with Gasteiger partial charge in [0.2, 0.25) is 5.91 Å². The summed E-state index contributed by atoms with van der Waals surface area (Å²) in [7, 11) is 1.68. The van der Waals surface area contributed by atoms with Crippen molar-refractivity contribution in [2.75, 3.05) is 26.8 Å². The SMILES string of the molecule is CO[C@]1(COc2ccc(C)cc2)CCCN(C(=O)Cc2nonc2C)C1. The Kier molecular flexibility index (Phi) is 5.56. The van der Waals surface area contributed by atoms with E-state index in [4.69, 9.17) is 9.47 Å². The Labute approximate surface area is 153 Å². The minimum Gasteiger partial charge on any atom is -0.491 e. The number of aromatic nitrogens is 2. The van der Waals surface area contributed by atoms with Crippen molar-refractivity contribution in [3.63, 3.8) is 0 Å². The molecule has 0 unspecified atom stereocenters. The summed E-state index contributed by atoms with van der Waals surface area (Å²) in [5, 5.41) is 7.53. The highest BCUT2D eigenvalue weighted by Gasteiger charge is 2.38. The first-order valence-electron chi connectivity index (χ1n) is 8.82. The molecule has 0 spiro atoms. The van der Waals surface area contributed by atoms with Gasteiger partial charge in [0.25, 0.3) is 0 Å². The van der Waals surface area contributed by atoms with Crippen molar-refractivity contribution in [2.45, 2.75) is 38.7 Å². The van der Waals surface area contributed by atoms with E-state index >= 15 is 0 Å². The van der Waals surface area contributed by atoms with Gasteiger partial charge in [0.15, 0.2) is 0 Å². The first-order valence-corrected chi connectivity index (χ1v) is 8.82. The molecule has 0 N–H and O–H groups in total. The van der Waals surface area contributed by atoms with Gasteiger partial charge in [0.05, 0.1) is 13.0 Å². The predicted octanol–water partition coefficient (Wildman–Crippen LogP) is 2.32. The zero-order valence-corrected chi connectivity index (χ0v) is 15.5. The number of likely N-dealkylation sites (tertiary alicyclic amines) is 1. The molecule has 0 bridgehead atoms. The molecule has 26 heavy (non-hydrogen) atoms. The molecule has 0 saturated carbocycles. The summed E-state index contributed by atoms with van der Waals surface area (Å²) in [6.45, 7) is 5.43. The zero-order valence-electron chi connectivity index (χ0n) is 15.5. The fourth-order valence-corrected chi connectivity index (χ4v) is 3.17. The maximum absolute atomic E-state index is 12.7. The number of benzene rings is 1. The van der Waals surface area contributed by atoms with Crippen molar-refractivity contribution in [2.24, 2.45) is 0 Å². The van der Waals surface area contributed by atoms with Crippen LogP contribution in [0.25, 0.3) is 0 Å². The van der Waals surface area contributed by atoms with Crippen molar-refractivity contribution in [1.29, 1.82) is 0 Å². The molecule has 0 radical (unpaired) electrons. The van der Waals surface area contributed by atoms with E-state index in [0.29, 0.717) is 31.1 Å². The molecular formula is C19H25N3O4. The Balaban J connectivity index is 1.63. The largest absolute Gasteiger partial charge is 0.491 e. The Hall–Kier alpha value is -2.41. The second-order valence-corrected chi connectivity index (χ2v) is 6.88. The molecule has 1 aliphatic heterocycles. The molecule has 1 saturated heterocycles. The van der Waals surface area contributed by atoms with E-state index in [2.05, 4.69) is 14.9 Å². The first-order chi connectivity index (χ1) is 12.5. The number of ether oxygens (including phenoxy) is 2. The molecule has 140 valence electrons. The fourth-order valence-electron chi connectivity index (χ4n) is 3.17. The van der Waals surface area contributed by atoms with Gasteiger partial charge in [-0.1, -0.05) is 28.0 Å². The molecule has 1 aromatic heterocycles. The van der Waals surface area contributed by atoms with E-state index in [-0.39, 0.29) is 12.3 Å². The van der Waals surface area contributed by atoms with Crippen molar-refractivity contribution < 1.29 is 18.9 Å². The Morgan fingerprint density at radius 3 is 2.69 bits per heavy atom. The quantitative estimate of drug-likeness (QED) is 0.788. The summed E-state index contributed by atoms with van der Waals surface area (Å²) < 4.78 is 16.4. The lowest BCUT2D eigenvalue weighted by molar-refractivity contribution is -0.142. The highest BCUT2D eigenvalue weighted by Crippen LogP contribution is 2.27.